The number of hydrogen-bond donors (Lipinski definition) is 9. The van der Waals surface area contributed by atoms with E-state index in [1.165, 1.54) is 13.8 Å². The number of nitrogens with zero attached hydrogens (tertiary/aromatic N) is 6. The van der Waals surface area contributed by atoms with Gasteiger partial charge in [-0.1, -0.05) is 0 Å². The summed E-state index contributed by atoms with van der Waals surface area (Å²) in [4.78, 5) is 91.5. The van der Waals surface area contributed by atoms with Crippen molar-refractivity contribution < 1.29 is 74.7 Å². The summed E-state index contributed by atoms with van der Waals surface area (Å²) in [6.07, 6.45) is -1.63. The van der Waals surface area contributed by atoms with Gasteiger partial charge in [-0.25, -0.2) is 0 Å². The lowest BCUT2D eigenvalue weighted by Gasteiger charge is -2.33. The summed E-state index contributed by atoms with van der Waals surface area (Å²) >= 11 is 10.9. The highest BCUT2D eigenvalue weighted by Crippen LogP contribution is 2.41. The minimum atomic E-state index is -1.63. The number of aliphatic hydroxyl groups excluding tert-OH is 9. The zero-order valence-corrected chi connectivity index (χ0v) is 48.7. The zero-order valence-electron chi connectivity index (χ0n) is 35.7. The quantitative estimate of drug-likeness (QED) is 0.0551. The molecule has 0 aliphatic carbocycles. The monoisotopic (exact) mass is 1610 g/mol. The van der Waals surface area contributed by atoms with E-state index >= 15 is 0 Å². The zero-order chi connectivity index (χ0) is 50.2. The van der Waals surface area contributed by atoms with Gasteiger partial charge in [0.1, 0.15) is 0 Å². The smallest absolute Gasteiger partial charge is 0.256 e. The molecule has 0 radical (unpaired) electrons. The Kier molecular flexibility index (Phi) is 28.1. The van der Waals surface area contributed by atoms with Crippen LogP contribution in [-0.2, 0) is 9.59 Å². The van der Waals surface area contributed by atoms with Gasteiger partial charge in [-0.2, -0.15) is 0 Å². The molecule has 0 heterocycles. The van der Waals surface area contributed by atoms with E-state index in [2.05, 4.69) is 0 Å². The predicted molar refractivity (Wildman–Crippen MR) is 292 cm³/mol. The first kappa shape index (κ1) is 61.4. The van der Waals surface area contributed by atoms with Gasteiger partial charge in [-0.05, 0) is 136 Å². The Morgan fingerprint density at radius 1 is 0.379 bits per heavy atom. The van der Waals surface area contributed by atoms with E-state index < -0.39 is 107 Å². The molecule has 0 fully saturated rings. The molecule has 0 bridgehead atoms. The minimum Gasteiger partial charge on any atom is -0.395 e. The highest BCUT2D eigenvalue weighted by molar-refractivity contribution is 14.1. The van der Waals surface area contributed by atoms with Crippen LogP contribution in [0.1, 0.15) is 55.3 Å². The van der Waals surface area contributed by atoms with Crippen LogP contribution in [0, 0.1) is 21.4 Å². The van der Waals surface area contributed by atoms with Crippen molar-refractivity contribution in [1.82, 2.24) is 19.6 Å². The molecule has 0 saturated carbocycles. The SMILES string of the molecule is CC(=O)N(CC(O)CN(C(C)=O)c1c(I)c(C(=O)N(CCO)CCO)c(I)c(C(=O)N(CCO)CCO)c1I)c1c(I)c(C(=O)N(CCO)CCO)c(I)c(C(=O)N(CCO)CCO)c1I. The van der Waals surface area contributed by atoms with Crippen LogP contribution in [0.3, 0.4) is 0 Å². The Morgan fingerprint density at radius 2 is 0.561 bits per heavy atom. The number of rotatable bonds is 26. The van der Waals surface area contributed by atoms with Crippen molar-refractivity contribution in [3.63, 3.8) is 0 Å². The molecule has 9 N–H and O–H groups in total. The van der Waals surface area contributed by atoms with E-state index in [0.717, 1.165) is 29.4 Å². The molecule has 0 saturated heterocycles. The summed E-state index contributed by atoms with van der Waals surface area (Å²) in [5.74, 6) is -4.22. The largest absolute Gasteiger partial charge is 0.395 e. The van der Waals surface area contributed by atoms with Crippen LogP contribution in [-0.4, -0.2) is 225 Å². The Hall–Kier alpha value is -0.720. The second-order valence-corrected chi connectivity index (χ2v) is 20.4. The summed E-state index contributed by atoms with van der Waals surface area (Å²) in [5, 5.41) is 90.2. The number of halogens is 6. The van der Waals surface area contributed by atoms with Gasteiger partial charge in [-0.3, -0.25) is 28.8 Å². The second-order valence-electron chi connectivity index (χ2n) is 14.0. The summed E-state index contributed by atoms with van der Waals surface area (Å²) < 4.78 is 0.822. The van der Waals surface area contributed by atoms with Crippen molar-refractivity contribution >= 4 is 182 Å². The number of benzene rings is 2. The Morgan fingerprint density at radius 3 is 0.712 bits per heavy atom. The minimum absolute atomic E-state index is 0.00467. The molecule has 0 aliphatic rings. The fourth-order valence-corrected chi connectivity index (χ4v) is 16.0. The van der Waals surface area contributed by atoms with Crippen LogP contribution < -0.4 is 9.80 Å². The highest BCUT2D eigenvalue weighted by atomic mass is 127. The van der Waals surface area contributed by atoms with Crippen molar-refractivity contribution in [1.29, 1.82) is 0 Å². The van der Waals surface area contributed by atoms with E-state index in [1.807, 2.05) is 90.4 Å². The van der Waals surface area contributed by atoms with Crippen molar-refractivity contribution in [2.24, 2.45) is 0 Å². The average Bonchev–Trinajstić information content (AvgIpc) is 3.24. The summed E-state index contributed by atoms with van der Waals surface area (Å²) in [7, 11) is 0. The molecule has 6 amide bonds. The van der Waals surface area contributed by atoms with Gasteiger partial charge in [0, 0.05) is 73.3 Å². The van der Waals surface area contributed by atoms with Crippen molar-refractivity contribution in [3.8, 4) is 0 Å². The van der Waals surface area contributed by atoms with Gasteiger partial charge in [0.15, 0.2) is 0 Å². The maximum absolute atomic E-state index is 14.3. The first-order valence-corrected chi connectivity index (χ1v) is 26.4. The normalized spacial score (nSPS) is 11.2. The first-order valence-electron chi connectivity index (χ1n) is 19.9. The Balaban J connectivity index is 3.04. The second kappa shape index (κ2) is 30.2. The summed E-state index contributed by atoms with van der Waals surface area (Å²) in [5.41, 5.74) is -0.320. The molecule has 0 unspecified atom stereocenters. The lowest BCUT2D eigenvalue weighted by molar-refractivity contribution is -0.117. The van der Waals surface area contributed by atoms with Crippen LogP contribution in [0.15, 0.2) is 0 Å². The molecular weight excluding hydrogens is 1550 g/mol. The van der Waals surface area contributed by atoms with Gasteiger partial charge in [-0.15, -0.1) is 0 Å². The van der Waals surface area contributed by atoms with Crippen LogP contribution >= 0.6 is 136 Å². The van der Waals surface area contributed by atoms with Crippen molar-refractivity contribution in [2.45, 2.75) is 20.0 Å². The van der Waals surface area contributed by atoms with E-state index in [9.17, 15) is 74.7 Å². The molecule has 0 spiro atoms. The number of aliphatic hydroxyl groups is 9. The molecule has 27 heteroatoms. The van der Waals surface area contributed by atoms with Crippen molar-refractivity contribution in [2.75, 3.05) is 128 Å². The van der Waals surface area contributed by atoms with Gasteiger partial charge in [0.05, 0.1) is 120 Å². The molecular formula is C39H52I6N6O15. The summed E-state index contributed by atoms with van der Waals surface area (Å²) in [6, 6.07) is 0. The fraction of sp³-hybridized carbons (Fsp3) is 0.538. The molecule has 66 heavy (non-hydrogen) atoms. The number of amides is 6. The molecule has 21 nitrogen and oxygen atoms in total. The van der Waals surface area contributed by atoms with E-state index in [0.29, 0.717) is 0 Å². The molecule has 0 aliphatic heterocycles. The third-order valence-corrected chi connectivity index (χ3v) is 16.0. The number of carbonyl (C=O) groups is 6. The molecule has 2 rings (SSSR count). The Bertz CT molecular complexity index is 1800. The van der Waals surface area contributed by atoms with Gasteiger partial charge >= 0.3 is 0 Å². The highest BCUT2D eigenvalue weighted by Gasteiger charge is 2.38. The Labute approximate surface area is 463 Å². The van der Waals surface area contributed by atoms with Gasteiger partial charge in [0.2, 0.25) is 11.8 Å². The first-order chi connectivity index (χ1) is 31.2. The fourth-order valence-electron chi connectivity index (χ4n) is 6.62. The van der Waals surface area contributed by atoms with E-state index in [-0.39, 0.29) is 107 Å². The van der Waals surface area contributed by atoms with Crippen LogP contribution in [0.5, 0.6) is 0 Å². The maximum Gasteiger partial charge on any atom is 0.256 e. The number of hydrogen-bond acceptors (Lipinski definition) is 15. The van der Waals surface area contributed by atoms with Crippen molar-refractivity contribution in [3.05, 3.63) is 43.7 Å². The third-order valence-electron chi connectivity index (χ3n) is 9.64. The number of carbonyl (C=O) groups excluding carboxylic acids is 6. The van der Waals surface area contributed by atoms with Gasteiger partial charge < -0.3 is 75.4 Å². The molecule has 0 atom stereocenters. The lowest BCUT2D eigenvalue weighted by Crippen LogP contribution is -2.46. The van der Waals surface area contributed by atoms with E-state index in [4.69, 9.17) is 0 Å². The topological polar surface area (TPSA) is 304 Å². The van der Waals surface area contributed by atoms with E-state index in [1.54, 1.807) is 45.2 Å². The maximum atomic E-state index is 14.3. The van der Waals surface area contributed by atoms with Gasteiger partial charge in [0.25, 0.3) is 23.6 Å². The summed E-state index contributed by atoms with van der Waals surface area (Å²) in [6.45, 7) is -4.21. The molecule has 0 aromatic heterocycles. The molecule has 2 aromatic carbocycles. The standard InChI is InChI=1S/C39H52I6N6O15/c1-21(60)50(34-30(42)24(36(63)46(3-11-52)4-12-53)28(40)25(31(34)43)37(64)47(5-13-54)6-14-55)19-23(62)20-51(22(2)61)35-32(44)26(38(65)48(7-15-56)8-16-57)29(41)27(33(35)45)39(66)49(9-17-58)10-18-59/h23,52-59,62H,3-20H2,1-2H3. The van der Waals surface area contributed by atoms with Crippen LogP contribution in [0.4, 0.5) is 11.4 Å². The molecule has 370 valence electrons. The average molecular weight is 1610 g/mol. The lowest BCUT2D eigenvalue weighted by atomic mass is 10.0. The third kappa shape index (κ3) is 15.2. The molecule has 2 aromatic rings. The van der Waals surface area contributed by atoms with Crippen LogP contribution in [0.2, 0.25) is 0 Å². The predicted octanol–water partition coefficient (Wildman–Crippen LogP) is -0.212. The number of anilines is 2. The van der Waals surface area contributed by atoms with Crippen LogP contribution in [0.25, 0.3) is 0 Å².